The zero-order valence-electron chi connectivity index (χ0n) is 9.17. The predicted octanol–water partition coefficient (Wildman–Crippen LogP) is 3.55. The van der Waals surface area contributed by atoms with E-state index in [2.05, 4.69) is 52.4 Å². The second kappa shape index (κ2) is 5.13. The van der Waals surface area contributed by atoms with Crippen LogP contribution in [0.4, 0.5) is 0 Å². The Kier molecular flexibility index (Phi) is 3.81. The van der Waals surface area contributed by atoms with E-state index in [9.17, 15) is 0 Å². The number of hydrogen-bond donors (Lipinski definition) is 1. The first kappa shape index (κ1) is 11.2. The summed E-state index contributed by atoms with van der Waals surface area (Å²) in [4.78, 5) is 0. The number of benzene rings is 1. The molecule has 2 unspecified atom stereocenters. The van der Waals surface area contributed by atoms with Gasteiger partial charge in [-0.15, -0.1) is 0 Å². The monoisotopic (exact) mass is 267 g/mol. The number of nitrogens with one attached hydrogen (secondary N) is 1. The summed E-state index contributed by atoms with van der Waals surface area (Å²) < 4.78 is 1.17. The highest BCUT2D eigenvalue weighted by atomic mass is 79.9. The summed E-state index contributed by atoms with van der Waals surface area (Å²) in [6.45, 7) is 4.68. The maximum Gasteiger partial charge on any atom is 0.0175 e. The summed E-state index contributed by atoms with van der Waals surface area (Å²) in [7, 11) is 0. The molecule has 1 aliphatic heterocycles. The maximum atomic E-state index is 3.49. The molecule has 1 fully saturated rings. The largest absolute Gasteiger partial charge is 0.316 e. The van der Waals surface area contributed by atoms with Crippen molar-refractivity contribution in [2.45, 2.75) is 25.7 Å². The molecule has 1 saturated heterocycles. The van der Waals surface area contributed by atoms with Gasteiger partial charge in [-0.05, 0) is 55.5 Å². The first-order chi connectivity index (χ1) is 7.31. The van der Waals surface area contributed by atoms with Gasteiger partial charge in [0.25, 0.3) is 0 Å². The van der Waals surface area contributed by atoms with E-state index in [1.165, 1.54) is 36.0 Å². The van der Waals surface area contributed by atoms with E-state index in [0.717, 1.165) is 11.8 Å². The molecular weight excluding hydrogens is 250 g/mol. The highest BCUT2D eigenvalue weighted by Crippen LogP contribution is 2.32. The van der Waals surface area contributed by atoms with Crippen molar-refractivity contribution >= 4 is 15.9 Å². The van der Waals surface area contributed by atoms with Crippen LogP contribution in [0.5, 0.6) is 0 Å². The Morgan fingerprint density at radius 2 is 2.13 bits per heavy atom. The van der Waals surface area contributed by atoms with Gasteiger partial charge in [0.1, 0.15) is 0 Å². The van der Waals surface area contributed by atoms with Crippen LogP contribution in [-0.2, 0) is 0 Å². The summed E-state index contributed by atoms with van der Waals surface area (Å²) in [6, 6.07) is 8.83. The minimum atomic E-state index is 0.730. The Balaban J connectivity index is 2.14. The zero-order chi connectivity index (χ0) is 10.7. The van der Waals surface area contributed by atoms with E-state index in [0.29, 0.717) is 0 Å². The molecule has 2 heteroatoms. The summed E-state index contributed by atoms with van der Waals surface area (Å²) in [5.74, 6) is 1.56. The van der Waals surface area contributed by atoms with Crippen molar-refractivity contribution in [2.24, 2.45) is 5.92 Å². The van der Waals surface area contributed by atoms with Crippen LogP contribution in [0, 0.1) is 5.92 Å². The number of halogens is 1. The third kappa shape index (κ3) is 2.61. The van der Waals surface area contributed by atoms with E-state index >= 15 is 0 Å². The van der Waals surface area contributed by atoms with Crippen molar-refractivity contribution in [1.29, 1.82) is 0 Å². The van der Waals surface area contributed by atoms with Crippen molar-refractivity contribution in [1.82, 2.24) is 5.32 Å². The molecular formula is C13H18BrN. The molecule has 0 saturated carbocycles. The van der Waals surface area contributed by atoms with Crippen molar-refractivity contribution in [2.75, 3.05) is 13.1 Å². The fourth-order valence-electron chi connectivity index (χ4n) is 2.57. The molecule has 2 atom stereocenters. The Labute approximate surface area is 100 Å². The molecule has 1 aliphatic rings. The van der Waals surface area contributed by atoms with E-state index in [1.54, 1.807) is 0 Å². The Hall–Kier alpha value is -0.340. The normalized spacial score (nSPS) is 22.9. The molecule has 0 spiro atoms. The molecule has 0 amide bonds. The molecule has 15 heavy (non-hydrogen) atoms. The fraction of sp³-hybridized carbons (Fsp3) is 0.538. The number of hydrogen-bond acceptors (Lipinski definition) is 1. The molecule has 82 valence electrons. The Morgan fingerprint density at radius 3 is 2.67 bits per heavy atom. The lowest BCUT2D eigenvalue weighted by Gasteiger charge is -2.21. The first-order valence-electron chi connectivity index (χ1n) is 5.77. The topological polar surface area (TPSA) is 12.0 Å². The second-order valence-corrected chi connectivity index (χ2v) is 5.23. The van der Waals surface area contributed by atoms with Crippen molar-refractivity contribution < 1.29 is 0 Å². The van der Waals surface area contributed by atoms with Crippen LogP contribution in [0.1, 0.15) is 31.2 Å². The van der Waals surface area contributed by atoms with Crippen molar-refractivity contribution in [3.05, 3.63) is 34.3 Å². The molecule has 0 aromatic heterocycles. The molecule has 0 radical (unpaired) electrons. The molecule has 1 aromatic rings. The van der Waals surface area contributed by atoms with Crippen LogP contribution >= 0.6 is 15.9 Å². The molecule has 0 aliphatic carbocycles. The maximum absolute atomic E-state index is 3.49. The average Bonchev–Trinajstić information content (AvgIpc) is 2.75. The van der Waals surface area contributed by atoms with Crippen LogP contribution in [-0.4, -0.2) is 13.1 Å². The molecule has 2 rings (SSSR count). The summed E-state index contributed by atoms with van der Waals surface area (Å²) in [5.41, 5.74) is 1.49. The minimum Gasteiger partial charge on any atom is -0.316 e. The van der Waals surface area contributed by atoms with Crippen LogP contribution in [0.15, 0.2) is 28.7 Å². The lowest BCUT2D eigenvalue weighted by Crippen LogP contribution is -2.15. The minimum absolute atomic E-state index is 0.730. The van der Waals surface area contributed by atoms with Crippen molar-refractivity contribution in [3.8, 4) is 0 Å². The highest BCUT2D eigenvalue weighted by molar-refractivity contribution is 9.10. The fourth-order valence-corrected chi connectivity index (χ4v) is 2.84. The lowest BCUT2D eigenvalue weighted by atomic mass is 9.83. The molecule has 1 aromatic carbocycles. The van der Waals surface area contributed by atoms with Gasteiger partial charge in [-0.2, -0.15) is 0 Å². The van der Waals surface area contributed by atoms with Crippen LogP contribution < -0.4 is 5.32 Å². The first-order valence-corrected chi connectivity index (χ1v) is 6.56. The summed E-state index contributed by atoms with van der Waals surface area (Å²) in [5, 5.41) is 3.46. The van der Waals surface area contributed by atoms with Gasteiger partial charge in [-0.1, -0.05) is 35.0 Å². The Morgan fingerprint density at radius 1 is 1.40 bits per heavy atom. The highest BCUT2D eigenvalue weighted by Gasteiger charge is 2.24. The smallest absolute Gasteiger partial charge is 0.0175 e. The average molecular weight is 268 g/mol. The van der Waals surface area contributed by atoms with Gasteiger partial charge in [0.05, 0.1) is 0 Å². The van der Waals surface area contributed by atoms with E-state index in [4.69, 9.17) is 0 Å². The predicted molar refractivity (Wildman–Crippen MR) is 68.2 cm³/mol. The van der Waals surface area contributed by atoms with Crippen molar-refractivity contribution in [3.63, 3.8) is 0 Å². The third-order valence-corrected chi connectivity index (χ3v) is 3.93. The standard InChI is InChI=1S/C13H18BrN/c1-2-13(11-7-8-15-9-11)10-3-5-12(14)6-4-10/h3-6,11,13,15H,2,7-9H2,1H3. The van der Waals surface area contributed by atoms with E-state index < -0.39 is 0 Å². The van der Waals surface area contributed by atoms with Gasteiger partial charge in [-0.3, -0.25) is 0 Å². The zero-order valence-corrected chi connectivity index (χ0v) is 10.8. The Bertz CT molecular complexity index is 301. The van der Waals surface area contributed by atoms with Gasteiger partial charge in [0.2, 0.25) is 0 Å². The van der Waals surface area contributed by atoms with Crippen LogP contribution in [0.25, 0.3) is 0 Å². The van der Waals surface area contributed by atoms with Gasteiger partial charge >= 0.3 is 0 Å². The summed E-state index contributed by atoms with van der Waals surface area (Å²) in [6.07, 6.45) is 2.57. The SMILES string of the molecule is CCC(c1ccc(Br)cc1)C1CCNC1. The number of rotatable bonds is 3. The quantitative estimate of drug-likeness (QED) is 0.884. The van der Waals surface area contributed by atoms with Gasteiger partial charge < -0.3 is 5.32 Å². The second-order valence-electron chi connectivity index (χ2n) is 4.32. The van der Waals surface area contributed by atoms with E-state index in [1.807, 2.05) is 0 Å². The lowest BCUT2D eigenvalue weighted by molar-refractivity contribution is 0.446. The molecule has 1 heterocycles. The van der Waals surface area contributed by atoms with Gasteiger partial charge in [-0.25, -0.2) is 0 Å². The molecule has 1 N–H and O–H groups in total. The van der Waals surface area contributed by atoms with Crippen LogP contribution in [0.2, 0.25) is 0 Å². The van der Waals surface area contributed by atoms with Crippen LogP contribution in [0.3, 0.4) is 0 Å². The molecule has 0 bridgehead atoms. The third-order valence-electron chi connectivity index (χ3n) is 3.41. The molecule has 1 nitrogen and oxygen atoms in total. The van der Waals surface area contributed by atoms with Gasteiger partial charge in [0.15, 0.2) is 0 Å². The summed E-state index contributed by atoms with van der Waals surface area (Å²) >= 11 is 3.49. The van der Waals surface area contributed by atoms with Gasteiger partial charge in [0, 0.05) is 4.47 Å². The van der Waals surface area contributed by atoms with E-state index in [-0.39, 0.29) is 0 Å².